The molecule has 0 radical (unpaired) electrons. The summed E-state index contributed by atoms with van der Waals surface area (Å²) in [6.07, 6.45) is 5.68. The third-order valence-electron chi connectivity index (χ3n) is 7.76. The Balaban J connectivity index is 1.29. The van der Waals surface area contributed by atoms with E-state index < -0.39 is 21.9 Å². The van der Waals surface area contributed by atoms with Crippen LogP contribution in [0.4, 0.5) is 10.1 Å². The van der Waals surface area contributed by atoms with Gasteiger partial charge in [0.05, 0.1) is 11.4 Å². The lowest BCUT2D eigenvalue weighted by molar-refractivity contribution is -0.120. The summed E-state index contributed by atoms with van der Waals surface area (Å²) in [4.78, 5) is 20.1. The van der Waals surface area contributed by atoms with E-state index in [0.29, 0.717) is 18.7 Å². The first-order valence-corrected chi connectivity index (χ1v) is 14.5. The number of halogens is 1. The molecule has 0 aliphatic heterocycles. The molecule has 3 atom stereocenters. The fraction of sp³-hybridized carbons (Fsp3) is 0.267. The normalized spacial score (nSPS) is 20.0. The number of sulfonamides is 1. The van der Waals surface area contributed by atoms with Crippen molar-refractivity contribution in [2.24, 2.45) is 13.0 Å². The van der Waals surface area contributed by atoms with E-state index in [1.165, 1.54) is 12.1 Å². The maximum absolute atomic E-state index is 13.9. The molecule has 4 aromatic rings. The van der Waals surface area contributed by atoms with Crippen LogP contribution >= 0.6 is 0 Å². The lowest BCUT2D eigenvalue weighted by atomic mass is 10.1. The van der Waals surface area contributed by atoms with Crippen LogP contribution in [0.5, 0.6) is 0 Å². The molecule has 2 aliphatic carbocycles. The van der Waals surface area contributed by atoms with Crippen molar-refractivity contribution < 1.29 is 17.6 Å². The molecule has 0 bridgehead atoms. The number of carbonyl (C=O) groups excluding carboxylic acids is 1. The zero-order valence-electron chi connectivity index (χ0n) is 21.5. The number of nitrogens with one attached hydrogen (secondary N) is 1. The summed E-state index contributed by atoms with van der Waals surface area (Å²) in [7, 11) is -1.95. The molecule has 2 aliphatic rings. The number of hydrogen-bond acceptors (Lipinski definition) is 4. The summed E-state index contributed by atoms with van der Waals surface area (Å²) in [5, 5.41) is 0. The van der Waals surface area contributed by atoms with Crippen molar-refractivity contribution in [3.63, 3.8) is 0 Å². The first-order valence-electron chi connectivity index (χ1n) is 13.0. The number of aryl methyl sites for hydroxylation is 2. The van der Waals surface area contributed by atoms with Gasteiger partial charge in [0.1, 0.15) is 11.6 Å². The average molecular weight is 545 g/mol. The maximum Gasteiger partial charge on any atom is 0.241 e. The standard InChI is InChI=1S/C30H29FN4O3S/c1-34-16-15-32-29(34)19-35(30(36)27-18-25(27)20-5-3-2-4-6-20)23-11-7-21-8-14-28(26(21)17-23)33-39(37,38)24-12-9-22(31)10-13-24/h2-7,9-13,15-17,25,27-28,33H,8,14,18-19H2,1H3. The van der Waals surface area contributed by atoms with E-state index in [1.54, 1.807) is 11.1 Å². The Kier molecular flexibility index (Phi) is 6.56. The van der Waals surface area contributed by atoms with Gasteiger partial charge in [0, 0.05) is 37.1 Å². The summed E-state index contributed by atoms with van der Waals surface area (Å²) in [5.74, 6) is 0.371. The molecule has 3 aromatic carbocycles. The number of nitrogens with zero attached hydrogens (tertiary/aromatic N) is 3. The minimum atomic E-state index is -3.85. The predicted octanol–water partition coefficient (Wildman–Crippen LogP) is 4.86. The number of fused-ring (bicyclic) bond motifs is 1. The molecule has 0 saturated heterocycles. The highest BCUT2D eigenvalue weighted by atomic mass is 32.2. The van der Waals surface area contributed by atoms with Gasteiger partial charge in [-0.3, -0.25) is 4.79 Å². The van der Waals surface area contributed by atoms with Gasteiger partial charge < -0.3 is 9.47 Å². The molecule has 0 spiro atoms. The second-order valence-corrected chi connectivity index (χ2v) is 12.0. The minimum absolute atomic E-state index is 0.0146. The fourth-order valence-corrected chi connectivity index (χ4v) is 6.72. The maximum atomic E-state index is 13.9. The van der Waals surface area contributed by atoms with E-state index in [2.05, 4.69) is 21.8 Å². The van der Waals surface area contributed by atoms with Crippen LogP contribution in [0, 0.1) is 11.7 Å². The summed E-state index contributed by atoms with van der Waals surface area (Å²) in [6.45, 7) is 0.311. The minimum Gasteiger partial charge on any atom is -0.337 e. The lowest BCUT2D eigenvalue weighted by Crippen LogP contribution is -2.33. The van der Waals surface area contributed by atoms with Gasteiger partial charge in [-0.05, 0) is 78.3 Å². The Labute approximate surface area is 227 Å². The Hall–Kier alpha value is -3.82. The molecule has 1 saturated carbocycles. The van der Waals surface area contributed by atoms with Crippen molar-refractivity contribution in [3.8, 4) is 0 Å². The highest BCUT2D eigenvalue weighted by Crippen LogP contribution is 2.49. The number of benzene rings is 3. The molecule has 1 aromatic heterocycles. The van der Waals surface area contributed by atoms with E-state index in [0.717, 1.165) is 47.5 Å². The molecule has 1 heterocycles. The van der Waals surface area contributed by atoms with Gasteiger partial charge in [0.2, 0.25) is 15.9 Å². The molecule has 7 nitrogen and oxygen atoms in total. The molecular formula is C30H29FN4O3S. The largest absolute Gasteiger partial charge is 0.337 e. The van der Waals surface area contributed by atoms with Crippen LogP contribution in [0.1, 0.15) is 47.3 Å². The molecule has 39 heavy (non-hydrogen) atoms. The van der Waals surface area contributed by atoms with Crippen molar-refractivity contribution in [2.75, 3.05) is 4.90 Å². The summed E-state index contributed by atoms with van der Waals surface area (Å²) < 4.78 is 44.1. The molecule has 6 rings (SSSR count). The van der Waals surface area contributed by atoms with Crippen LogP contribution in [0.15, 0.2) is 90.1 Å². The van der Waals surface area contributed by atoms with E-state index in [9.17, 15) is 17.6 Å². The number of rotatable bonds is 8. The molecule has 200 valence electrons. The van der Waals surface area contributed by atoms with Gasteiger partial charge in [-0.15, -0.1) is 0 Å². The summed E-state index contributed by atoms with van der Waals surface area (Å²) >= 11 is 0. The van der Waals surface area contributed by atoms with Crippen LogP contribution in [0.25, 0.3) is 0 Å². The van der Waals surface area contributed by atoms with Gasteiger partial charge in [-0.25, -0.2) is 22.5 Å². The van der Waals surface area contributed by atoms with Crippen LogP contribution in [-0.2, 0) is 34.8 Å². The molecule has 1 amide bonds. The van der Waals surface area contributed by atoms with Crippen LogP contribution < -0.4 is 9.62 Å². The number of imidazole rings is 1. The third kappa shape index (κ3) is 5.12. The zero-order chi connectivity index (χ0) is 27.1. The van der Waals surface area contributed by atoms with Crippen molar-refractivity contribution in [1.29, 1.82) is 0 Å². The van der Waals surface area contributed by atoms with Crippen molar-refractivity contribution in [1.82, 2.24) is 14.3 Å². The van der Waals surface area contributed by atoms with Crippen LogP contribution in [0.2, 0.25) is 0 Å². The topological polar surface area (TPSA) is 84.3 Å². The molecule has 9 heteroatoms. The smallest absolute Gasteiger partial charge is 0.241 e. The highest BCUT2D eigenvalue weighted by Gasteiger charge is 2.46. The highest BCUT2D eigenvalue weighted by molar-refractivity contribution is 7.89. The second kappa shape index (κ2) is 10.1. The fourth-order valence-electron chi connectivity index (χ4n) is 5.47. The first-order chi connectivity index (χ1) is 18.8. The van der Waals surface area contributed by atoms with Crippen LogP contribution in [0.3, 0.4) is 0 Å². The van der Waals surface area contributed by atoms with Crippen LogP contribution in [-0.4, -0.2) is 23.9 Å². The third-order valence-corrected chi connectivity index (χ3v) is 9.25. The van der Waals surface area contributed by atoms with Gasteiger partial charge >= 0.3 is 0 Å². The zero-order valence-corrected chi connectivity index (χ0v) is 22.3. The quantitative estimate of drug-likeness (QED) is 0.343. The van der Waals surface area contributed by atoms with Gasteiger partial charge in [-0.1, -0.05) is 36.4 Å². The summed E-state index contributed by atoms with van der Waals surface area (Å²) in [6, 6.07) is 20.3. The Morgan fingerprint density at radius 3 is 2.59 bits per heavy atom. The lowest BCUT2D eigenvalue weighted by Gasteiger charge is -2.25. The SMILES string of the molecule is Cn1ccnc1CN(C(=O)C1CC1c1ccccc1)c1ccc2c(c1)C(NS(=O)(=O)c1ccc(F)cc1)CC2. The first kappa shape index (κ1) is 25.5. The number of anilines is 1. The van der Waals surface area contributed by atoms with E-state index >= 15 is 0 Å². The number of amides is 1. The monoisotopic (exact) mass is 544 g/mol. The molecular weight excluding hydrogens is 515 g/mol. The Morgan fingerprint density at radius 1 is 1.10 bits per heavy atom. The van der Waals surface area contributed by atoms with Gasteiger partial charge in [-0.2, -0.15) is 0 Å². The van der Waals surface area contributed by atoms with Crippen molar-refractivity contribution in [2.45, 2.75) is 42.7 Å². The van der Waals surface area contributed by atoms with E-state index in [-0.39, 0.29) is 22.6 Å². The van der Waals surface area contributed by atoms with Crippen molar-refractivity contribution >= 4 is 21.6 Å². The number of aromatic nitrogens is 2. The number of hydrogen-bond donors (Lipinski definition) is 1. The molecule has 3 unspecified atom stereocenters. The second-order valence-electron chi connectivity index (χ2n) is 10.3. The molecule has 1 fully saturated rings. The Morgan fingerprint density at radius 2 is 1.87 bits per heavy atom. The van der Waals surface area contributed by atoms with Gasteiger partial charge in [0.25, 0.3) is 0 Å². The van der Waals surface area contributed by atoms with Crippen molar-refractivity contribution in [3.05, 3.63) is 114 Å². The van der Waals surface area contributed by atoms with E-state index in [4.69, 9.17) is 0 Å². The van der Waals surface area contributed by atoms with Gasteiger partial charge in [0.15, 0.2) is 0 Å². The molecule has 1 N–H and O–H groups in total. The summed E-state index contributed by atoms with van der Waals surface area (Å²) in [5.41, 5.74) is 3.78. The predicted molar refractivity (Wildman–Crippen MR) is 146 cm³/mol. The van der Waals surface area contributed by atoms with E-state index in [1.807, 2.05) is 54.2 Å². The average Bonchev–Trinajstić information content (AvgIpc) is 3.50. The number of carbonyl (C=O) groups is 1. The Bertz CT molecular complexity index is 1620.